The van der Waals surface area contributed by atoms with Crippen molar-refractivity contribution in [2.75, 3.05) is 12.3 Å². The van der Waals surface area contributed by atoms with E-state index in [1.54, 1.807) is 0 Å². The molecule has 2 aromatic carbocycles. The van der Waals surface area contributed by atoms with Crippen LogP contribution in [-0.4, -0.2) is 12.5 Å². The van der Waals surface area contributed by atoms with Crippen LogP contribution in [0.1, 0.15) is 47.6 Å². The monoisotopic (exact) mass is 374 g/mol. The van der Waals surface area contributed by atoms with E-state index in [2.05, 4.69) is 19.2 Å². The molecule has 1 aliphatic rings. The molecular formula is C21H27ClN2O2. The van der Waals surface area contributed by atoms with Crippen LogP contribution in [0.15, 0.2) is 36.4 Å². The summed E-state index contributed by atoms with van der Waals surface area (Å²) in [5, 5.41) is 3.14. The third kappa shape index (κ3) is 4.92. The van der Waals surface area contributed by atoms with Gasteiger partial charge in [0.25, 0.3) is 0 Å². The van der Waals surface area contributed by atoms with E-state index in [1.807, 2.05) is 36.4 Å². The fourth-order valence-electron chi connectivity index (χ4n) is 3.32. The molecule has 4 nitrogen and oxygen atoms in total. The SMILES string of the molecule is Cc1ccc(OCCC(=O)NC2CCCc3cc(N)ccc32)cc1C.Cl. The molecule has 3 rings (SSSR count). The Morgan fingerprint density at radius 3 is 2.77 bits per heavy atom. The fourth-order valence-corrected chi connectivity index (χ4v) is 3.32. The molecule has 5 heteroatoms. The highest BCUT2D eigenvalue weighted by Gasteiger charge is 2.21. The van der Waals surface area contributed by atoms with Crippen LogP contribution in [0.3, 0.4) is 0 Å². The van der Waals surface area contributed by atoms with E-state index in [-0.39, 0.29) is 24.4 Å². The smallest absolute Gasteiger partial charge is 0.223 e. The Kier molecular flexibility index (Phi) is 6.92. The van der Waals surface area contributed by atoms with Crippen LogP contribution in [0.2, 0.25) is 0 Å². The lowest BCUT2D eigenvalue weighted by molar-refractivity contribution is -0.122. The number of nitrogens with two attached hydrogens (primary N) is 1. The predicted molar refractivity (Wildman–Crippen MR) is 108 cm³/mol. The number of fused-ring (bicyclic) bond motifs is 1. The van der Waals surface area contributed by atoms with Crippen molar-refractivity contribution in [2.24, 2.45) is 0 Å². The highest BCUT2D eigenvalue weighted by molar-refractivity contribution is 5.85. The number of hydrogen-bond acceptors (Lipinski definition) is 3. The molecule has 1 aliphatic carbocycles. The van der Waals surface area contributed by atoms with Crippen molar-refractivity contribution in [1.82, 2.24) is 5.32 Å². The molecule has 0 bridgehead atoms. The van der Waals surface area contributed by atoms with Crippen molar-refractivity contribution < 1.29 is 9.53 Å². The van der Waals surface area contributed by atoms with E-state index in [4.69, 9.17) is 10.5 Å². The third-order valence-electron chi connectivity index (χ3n) is 4.89. The maximum atomic E-state index is 12.3. The van der Waals surface area contributed by atoms with Crippen molar-refractivity contribution in [2.45, 2.75) is 45.6 Å². The molecule has 1 amide bonds. The molecular weight excluding hydrogens is 348 g/mol. The second-order valence-corrected chi connectivity index (χ2v) is 6.82. The summed E-state index contributed by atoms with van der Waals surface area (Å²) in [4.78, 5) is 12.3. The quantitative estimate of drug-likeness (QED) is 0.768. The lowest BCUT2D eigenvalue weighted by Crippen LogP contribution is -2.31. The van der Waals surface area contributed by atoms with E-state index in [0.29, 0.717) is 13.0 Å². The zero-order chi connectivity index (χ0) is 17.8. The average Bonchev–Trinajstić information content (AvgIpc) is 2.58. The fraction of sp³-hybridized carbons (Fsp3) is 0.381. The molecule has 140 valence electrons. The summed E-state index contributed by atoms with van der Waals surface area (Å²) in [6.07, 6.45) is 3.43. The van der Waals surface area contributed by atoms with Crippen LogP contribution < -0.4 is 15.8 Å². The van der Waals surface area contributed by atoms with Gasteiger partial charge in [0.05, 0.1) is 19.1 Å². The maximum Gasteiger partial charge on any atom is 0.223 e. The molecule has 3 N–H and O–H groups in total. The molecule has 1 atom stereocenters. The lowest BCUT2D eigenvalue weighted by atomic mass is 9.87. The molecule has 0 saturated carbocycles. The second kappa shape index (κ2) is 8.95. The van der Waals surface area contributed by atoms with Crippen LogP contribution in [0.5, 0.6) is 5.75 Å². The van der Waals surface area contributed by atoms with Gasteiger partial charge < -0.3 is 15.8 Å². The van der Waals surface area contributed by atoms with Gasteiger partial charge in [-0.1, -0.05) is 12.1 Å². The number of nitrogens with one attached hydrogen (secondary N) is 1. The number of rotatable bonds is 5. The van der Waals surface area contributed by atoms with Crippen molar-refractivity contribution >= 4 is 24.0 Å². The second-order valence-electron chi connectivity index (χ2n) is 6.82. The van der Waals surface area contributed by atoms with E-state index in [9.17, 15) is 4.79 Å². The Balaban J connectivity index is 0.00000243. The number of ether oxygens (including phenoxy) is 1. The van der Waals surface area contributed by atoms with Gasteiger partial charge in [-0.2, -0.15) is 0 Å². The maximum absolute atomic E-state index is 12.3. The van der Waals surface area contributed by atoms with Crippen LogP contribution >= 0.6 is 12.4 Å². The first kappa shape index (κ1) is 20.1. The van der Waals surface area contributed by atoms with Gasteiger partial charge in [0.15, 0.2) is 0 Å². The Bertz CT molecular complexity index is 777. The number of anilines is 1. The number of aryl methyl sites for hydroxylation is 3. The number of halogens is 1. The topological polar surface area (TPSA) is 64.3 Å². The van der Waals surface area contributed by atoms with Crippen LogP contribution in [0.25, 0.3) is 0 Å². The Hall–Kier alpha value is -2.20. The molecule has 0 saturated heterocycles. The number of nitrogen functional groups attached to an aromatic ring is 1. The highest BCUT2D eigenvalue weighted by Crippen LogP contribution is 2.31. The summed E-state index contributed by atoms with van der Waals surface area (Å²) >= 11 is 0. The molecule has 0 heterocycles. The lowest BCUT2D eigenvalue weighted by Gasteiger charge is -2.26. The standard InChI is InChI=1S/C21H26N2O2.ClH/c1-14-6-8-18(12-15(14)2)25-11-10-21(24)23-20-5-3-4-16-13-17(22)7-9-19(16)20;/h6-9,12-13,20H,3-5,10-11,22H2,1-2H3,(H,23,24);1H. The van der Waals surface area contributed by atoms with Gasteiger partial charge >= 0.3 is 0 Å². The summed E-state index contributed by atoms with van der Waals surface area (Å²) in [6.45, 7) is 4.51. The first-order chi connectivity index (χ1) is 12.0. The minimum absolute atomic E-state index is 0. The van der Waals surface area contributed by atoms with E-state index in [1.165, 1.54) is 22.3 Å². The molecule has 2 aromatic rings. The summed E-state index contributed by atoms with van der Waals surface area (Å²) in [7, 11) is 0. The molecule has 0 fully saturated rings. The van der Waals surface area contributed by atoms with Gasteiger partial charge in [0.2, 0.25) is 5.91 Å². The first-order valence-electron chi connectivity index (χ1n) is 8.90. The Morgan fingerprint density at radius 1 is 1.19 bits per heavy atom. The van der Waals surface area contributed by atoms with Crippen LogP contribution in [0, 0.1) is 13.8 Å². The van der Waals surface area contributed by atoms with Crippen LogP contribution in [-0.2, 0) is 11.2 Å². The van der Waals surface area contributed by atoms with Gasteiger partial charge in [0, 0.05) is 5.69 Å². The highest BCUT2D eigenvalue weighted by atomic mass is 35.5. The van der Waals surface area contributed by atoms with Crippen molar-refractivity contribution in [1.29, 1.82) is 0 Å². The van der Waals surface area contributed by atoms with Gasteiger partial charge in [-0.05, 0) is 79.6 Å². The van der Waals surface area contributed by atoms with E-state index < -0.39 is 0 Å². The zero-order valence-corrected chi connectivity index (χ0v) is 16.2. The van der Waals surface area contributed by atoms with Crippen molar-refractivity contribution in [3.8, 4) is 5.75 Å². The minimum Gasteiger partial charge on any atom is -0.493 e. The van der Waals surface area contributed by atoms with Gasteiger partial charge in [-0.3, -0.25) is 4.79 Å². The minimum atomic E-state index is 0. The summed E-state index contributed by atoms with van der Waals surface area (Å²) in [6, 6.07) is 12.0. The molecule has 26 heavy (non-hydrogen) atoms. The number of carbonyl (C=O) groups excluding carboxylic acids is 1. The van der Waals surface area contributed by atoms with Crippen LogP contribution in [0.4, 0.5) is 5.69 Å². The number of carbonyl (C=O) groups is 1. The number of hydrogen-bond donors (Lipinski definition) is 2. The Morgan fingerprint density at radius 2 is 2.00 bits per heavy atom. The molecule has 0 radical (unpaired) electrons. The van der Waals surface area contributed by atoms with Gasteiger partial charge in [-0.25, -0.2) is 0 Å². The van der Waals surface area contributed by atoms with Gasteiger partial charge in [0.1, 0.15) is 5.75 Å². The Labute approximate surface area is 161 Å². The van der Waals surface area contributed by atoms with E-state index in [0.717, 1.165) is 30.7 Å². The number of amides is 1. The summed E-state index contributed by atoms with van der Waals surface area (Å²) in [5.74, 6) is 0.841. The summed E-state index contributed by atoms with van der Waals surface area (Å²) in [5.41, 5.74) is 11.5. The normalized spacial score (nSPS) is 15.5. The molecule has 1 unspecified atom stereocenters. The van der Waals surface area contributed by atoms with E-state index >= 15 is 0 Å². The third-order valence-corrected chi connectivity index (χ3v) is 4.89. The largest absolute Gasteiger partial charge is 0.493 e. The first-order valence-corrected chi connectivity index (χ1v) is 8.90. The molecule has 0 aliphatic heterocycles. The molecule has 0 aromatic heterocycles. The zero-order valence-electron chi connectivity index (χ0n) is 15.4. The van der Waals surface area contributed by atoms with Crippen molar-refractivity contribution in [3.63, 3.8) is 0 Å². The number of benzene rings is 2. The van der Waals surface area contributed by atoms with Gasteiger partial charge in [-0.15, -0.1) is 12.4 Å². The summed E-state index contributed by atoms with van der Waals surface area (Å²) < 4.78 is 5.71. The van der Waals surface area contributed by atoms with Crippen molar-refractivity contribution in [3.05, 3.63) is 58.7 Å². The molecule has 0 spiro atoms. The predicted octanol–water partition coefficient (Wildman–Crippen LogP) is 4.27. The average molecular weight is 375 g/mol.